The highest BCUT2D eigenvalue weighted by Gasteiger charge is 2.18. The first-order valence-corrected chi connectivity index (χ1v) is 7.24. The summed E-state index contributed by atoms with van der Waals surface area (Å²) in [7, 11) is 2.02. The summed E-state index contributed by atoms with van der Waals surface area (Å²) in [5.41, 5.74) is 7.14. The highest BCUT2D eigenvalue weighted by atomic mass is 15.3. The lowest BCUT2D eigenvalue weighted by atomic mass is 9.98. The Bertz CT molecular complexity index is 757. The number of aryl methyl sites for hydroxylation is 3. The lowest BCUT2D eigenvalue weighted by Crippen LogP contribution is -1.95. The summed E-state index contributed by atoms with van der Waals surface area (Å²) in [6.45, 7) is 4.26. The van der Waals surface area contributed by atoms with Gasteiger partial charge in [-0.1, -0.05) is 30.7 Å². The Morgan fingerprint density at radius 1 is 1.05 bits per heavy atom. The molecule has 0 N–H and O–H groups in total. The molecule has 0 aliphatic heterocycles. The topological polar surface area (TPSA) is 30.7 Å². The Balaban J connectivity index is 2.28. The Labute approximate surface area is 125 Å². The molecule has 106 valence electrons. The van der Waals surface area contributed by atoms with Gasteiger partial charge in [0, 0.05) is 30.6 Å². The van der Waals surface area contributed by atoms with Crippen molar-refractivity contribution in [2.24, 2.45) is 7.05 Å². The molecule has 3 aromatic rings. The normalized spacial score (nSPS) is 10.8. The molecule has 0 radical (unpaired) electrons. The van der Waals surface area contributed by atoms with Crippen LogP contribution in [0.5, 0.6) is 0 Å². The molecule has 3 heteroatoms. The van der Waals surface area contributed by atoms with Crippen molar-refractivity contribution < 1.29 is 0 Å². The highest BCUT2D eigenvalue weighted by molar-refractivity contribution is 5.83. The molecule has 21 heavy (non-hydrogen) atoms. The average Bonchev–Trinajstić information content (AvgIpc) is 2.84. The Hall–Kier alpha value is -2.42. The first kappa shape index (κ1) is 13.6. The maximum Gasteiger partial charge on any atom is 0.0760 e. The van der Waals surface area contributed by atoms with Crippen LogP contribution in [0.4, 0.5) is 0 Å². The van der Waals surface area contributed by atoms with Gasteiger partial charge in [-0.25, -0.2) is 0 Å². The van der Waals surface area contributed by atoms with E-state index in [0.717, 1.165) is 12.1 Å². The predicted octanol–water partition coefficient (Wildman–Crippen LogP) is 4.02. The van der Waals surface area contributed by atoms with Gasteiger partial charge in [0.2, 0.25) is 0 Å². The zero-order chi connectivity index (χ0) is 14.8. The number of hydrogen-bond donors (Lipinski definition) is 0. The number of aromatic nitrogens is 3. The number of benzene rings is 1. The van der Waals surface area contributed by atoms with Crippen LogP contribution in [0, 0.1) is 6.92 Å². The summed E-state index contributed by atoms with van der Waals surface area (Å²) in [6, 6.07) is 12.7. The van der Waals surface area contributed by atoms with Crippen LogP contribution in [-0.2, 0) is 13.5 Å². The van der Waals surface area contributed by atoms with Gasteiger partial charge in [0.15, 0.2) is 0 Å². The molecule has 0 aliphatic carbocycles. The van der Waals surface area contributed by atoms with Crippen LogP contribution in [0.1, 0.15) is 18.2 Å². The monoisotopic (exact) mass is 277 g/mol. The van der Waals surface area contributed by atoms with Gasteiger partial charge >= 0.3 is 0 Å². The van der Waals surface area contributed by atoms with Gasteiger partial charge in [-0.3, -0.25) is 9.67 Å². The molecule has 3 rings (SSSR count). The summed E-state index contributed by atoms with van der Waals surface area (Å²) in [4.78, 5) is 4.12. The molecule has 0 saturated carbocycles. The minimum absolute atomic E-state index is 0.914. The minimum Gasteiger partial charge on any atom is -0.267 e. The highest BCUT2D eigenvalue weighted by Crippen LogP contribution is 2.34. The van der Waals surface area contributed by atoms with Crippen molar-refractivity contribution in [2.45, 2.75) is 20.3 Å². The second kappa shape index (κ2) is 5.52. The molecule has 0 bridgehead atoms. The molecular weight excluding hydrogens is 258 g/mol. The van der Waals surface area contributed by atoms with E-state index in [1.807, 2.05) is 24.1 Å². The fourth-order valence-electron chi connectivity index (χ4n) is 2.77. The van der Waals surface area contributed by atoms with Crippen LogP contribution >= 0.6 is 0 Å². The molecule has 0 aliphatic rings. The van der Waals surface area contributed by atoms with E-state index in [1.54, 1.807) is 0 Å². The quantitative estimate of drug-likeness (QED) is 0.724. The van der Waals surface area contributed by atoms with Crippen molar-refractivity contribution in [3.63, 3.8) is 0 Å². The van der Waals surface area contributed by atoms with E-state index in [4.69, 9.17) is 5.10 Å². The zero-order valence-electron chi connectivity index (χ0n) is 12.7. The fourth-order valence-corrected chi connectivity index (χ4v) is 2.77. The van der Waals surface area contributed by atoms with E-state index >= 15 is 0 Å². The van der Waals surface area contributed by atoms with Gasteiger partial charge in [0.1, 0.15) is 0 Å². The Morgan fingerprint density at radius 3 is 2.48 bits per heavy atom. The van der Waals surface area contributed by atoms with Crippen molar-refractivity contribution in [2.75, 3.05) is 0 Å². The third-order valence-electron chi connectivity index (χ3n) is 3.72. The maximum atomic E-state index is 4.71. The molecule has 0 spiro atoms. The molecule has 3 nitrogen and oxygen atoms in total. The third-order valence-corrected chi connectivity index (χ3v) is 3.72. The molecule has 2 aromatic heterocycles. The molecule has 0 saturated heterocycles. The smallest absolute Gasteiger partial charge is 0.0760 e. The summed E-state index contributed by atoms with van der Waals surface area (Å²) < 4.78 is 1.99. The third kappa shape index (κ3) is 2.47. The van der Waals surface area contributed by atoms with Crippen LogP contribution in [0.3, 0.4) is 0 Å². The summed E-state index contributed by atoms with van der Waals surface area (Å²) in [6.07, 6.45) is 4.58. The summed E-state index contributed by atoms with van der Waals surface area (Å²) in [5.74, 6) is 0. The Morgan fingerprint density at radius 2 is 1.81 bits per heavy atom. The van der Waals surface area contributed by atoms with Crippen molar-refractivity contribution in [3.05, 3.63) is 60.0 Å². The van der Waals surface area contributed by atoms with E-state index in [1.165, 1.54) is 27.9 Å². The van der Waals surface area contributed by atoms with E-state index in [9.17, 15) is 0 Å². The van der Waals surface area contributed by atoms with Gasteiger partial charge in [-0.05, 0) is 37.1 Å². The molecule has 1 aromatic carbocycles. The number of nitrogens with zero attached hydrogens (tertiary/aromatic N) is 3. The summed E-state index contributed by atoms with van der Waals surface area (Å²) >= 11 is 0. The molecule has 0 fully saturated rings. The lowest BCUT2D eigenvalue weighted by molar-refractivity contribution is 0.753. The first-order valence-electron chi connectivity index (χ1n) is 7.24. The van der Waals surface area contributed by atoms with Crippen molar-refractivity contribution in [1.29, 1.82) is 0 Å². The molecule has 0 unspecified atom stereocenters. The van der Waals surface area contributed by atoms with Crippen LogP contribution < -0.4 is 0 Å². The molecule has 0 amide bonds. The van der Waals surface area contributed by atoms with E-state index in [0.29, 0.717) is 0 Å². The molecule has 0 atom stereocenters. The number of rotatable bonds is 3. The van der Waals surface area contributed by atoms with Gasteiger partial charge in [0.25, 0.3) is 0 Å². The lowest BCUT2D eigenvalue weighted by Gasteiger charge is -2.08. The fraction of sp³-hybridized carbons (Fsp3) is 0.222. The molecule has 2 heterocycles. The zero-order valence-corrected chi connectivity index (χ0v) is 12.7. The van der Waals surface area contributed by atoms with Crippen LogP contribution in [0.2, 0.25) is 0 Å². The van der Waals surface area contributed by atoms with Gasteiger partial charge in [-0.2, -0.15) is 5.10 Å². The van der Waals surface area contributed by atoms with E-state index < -0.39 is 0 Å². The average molecular weight is 277 g/mol. The second-order valence-electron chi connectivity index (χ2n) is 5.25. The van der Waals surface area contributed by atoms with Crippen molar-refractivity contribution >= 4 is 0 Å². The predicted molar refractivity (Wildman–Crippen MR) is 86.0 cm³/mol. The van der Waals surface area contributed by atoms with Gasteiger partial charge in [-0.15, -0.1) is 0 Å². The second-order valence-corrected chi connectivity index (χ2v) is 5.25. The van der Waals surface area contributed by atoms with Crippen molar-refractivity contribution in [3.8, 4) is 22.4 Å². The Kier molecular flexibility index (Phi) is 3.57. The van der Waals surface area contributed by atoms with Crippen LogP contribution in [0.25, 0.3) is 22.4 Å². The summed E-state index contributed by atoms with van der Waals surface area (Å²) in [5, 5.41) is 4.71. The van der Waals surface area contributed by atoms with Gasteiger partial charge < -0.3 is 0 Å². The van der Waals surface area contributed by atoms with E-state index in [-0.39, 0.29) is 0 Å². The minimum atomic E-state index is 0.914. The van der Waals surface area contributed by atoms with Gasteiger partial charge in [0.05, 0.1) is 11.4 Å². The first-order chi connectivity index (χ1) is 10.2. The molecular formula is C18H19N3. The number of hydrogen-bond acceptors (Lipinski definition) is 2. The maximum absolute atomic E-state index is 4.71. The van der Waals surface area contributed by atoms with Crippen molar-refractivity contribution in [1.82, 2.24) is 14.8 Å². The van der Waals surface area contributed by atoms with E-state index in [2.05, 4.69) is 55.2 Å². The van der Waals surface area contributed by atoms with Crippen LogP contribution in [-0.4, -0.2) is 14.8 Å². The number of pyridine rings is 1. The van der Waals surface area contributed by atoms with Crippen LogP contribution in [0.15, 0.2) is 48.8 Å². The largest absolute Gasteiger partial charge is 0.267 e. The SMILES string of the molecule is CCc1nn(C)c(-c2cccc(C)c2)c1-c1ccncc1. The standard InChI is InChI=1S/C18H19N3/c1-4-16-17(14-8-10-19-11-9-14)18(21(3)20-16)15-7-5-6-13(2)12-15/h5-12H,4H2,1-3H3.